The molecule has 134 valence electrons. The zero-order valence-corrected chi connectivity index (χ0v) is 13.9. The normalized spacial score (nSPS) is 19.6. The van der Waals surface area contributed by atoms with Crippen molar-refractivity contribution >= 4 is 23.9 Å². The SMILES string of the molecule is CC[C@]1(c2ccc(F)cc2)NC(=O)N(CCC(=O)NC(=O)NC)C1=O. The highest BCUT2D eigenvalue weighted by molar-refractivity contribution is 6.07. The minimum absolute atomic E-state index is 0.170. The Hall–Kier alpha value is -2.97. The van der Waals surface area contributed by atoms with Gasteiger partial charge in [-0.15, -0.1) is 0 Å². The molecule has 1 aliphatic heterocycles. The molecule has 1 aromatic rings. The number of carbonyl (C=O) groups is 4. The summed E-state index contributed by atoms with van der Waals surface area (Å²) in [6.45, 7) is 1.56. The fraction of sp³-hybridized carbons (Fsp3) is 0.375. The molecule has 1 fully saturated rings. The molecule has 0 saturated carbocycles. The molecule has 0 unspecified atom stereocenters. The van der Waals surface area contributed by atoms with Crippen LogP contribution in [-0.2, 0) is 15.1 Å². The number of urea groups is 2. The van der Waals surface area contributed by atoms with Gasteiger partial charge >= 0.3 is 12.1 Å². The van der Waals surface area contributed by atoms with Crippen molar-refractivity contribution < 1.29 is 23.6 Å². The zero-order chi connectivity index (χ0) is 18.6. The molecule has 0 radical (unpaired) electrons. The molecule has 1 heterocycles. The van der Waals surface area contributed by atoms with Crippen LogP contribution in [0.25, 0.3) is 0 Å². The van der Waals surface area contributed by atoms with Crippen LogP contribution < -0.4 is 16.0 Å². The summed E-state index contributed by atoms with van der Waals surface area (Å²) in [6, 6.07) is 4.01. The van der Waals surface area contributed by atoms with Gasteiger partial charge in [0.1, 0.15) is 11.4 Å². The summed E-state index contributed by atoms with van der Waals surface area (Å²) < 4.78 is 13.1. The van der Waals surface area contributed by atoms with Gasteiger partial charge in [-0.05, 0) is 24.1 Å². The second kappa shape index (κ2) is 7.29. The molecule has 1 atom stereocenters. The van der Waals surface area contributed by atoms with Gasteiger partial charge in [-0.25, -0.2) is 14.0 Å². The lowest BCUT2D eigenvalue weighted by molar-refractivity contribution is -0.132. The van der Waals surface area contributed by atoms with E-state index in [9.17, 15) is 23.6 Å². The van der Waals surface area contributed by atoms with Gasteiger partial charge in [-0.1, -0.05) is 19.1 Å². The summed E-state index contributed by atoms with van der Waals surface area (Å²) in [7, 11) is 1.36. The number of carbonyl (C=O) groups excluding carboxylic acids is 4. The number of amides is 6. The van der Waals surface area contributed by atoms with Crippen molar-refractivity contribution in [2.75, 3.05) is 13.6 Å². The van der Waals surface area contributed by atoms with Crippen molar-refractivity contribution in [1.82, 2.24) is 20.9 Å². The van der Waals surface area contributed by atoms with Crippen molar-refractivity contribution in [3.8, 4) is 0 Å². The largest absolute Gasteiger partial charge is 0.341 e. The molecule has 1 aromatic carbocycles. The summed E-state index contributed by atoms with van der Waals surface area (Å²) >= 11 is 0. The van der Waals surface area contributed by atoms with Crippen LogP contribution >= 0.6 is 0 Å². The molecule has 8 nitrogen and oxygen atoms in total. The number of imide groups is 2. The Bertz CT molecular complexity index is 707. The molecule has 1 saturated heterocycles. The molecule has 6 amide bonds. The van der Waals surface area contributed by atoms with Crippen molar-refractivity contribution in [3.63, 3.8) is 0 Å². The van der Waals surface area contributed by atoms with Gasteiger partial charge in [-0.2, -0.15) is 0 Å². The third-order valence-corrected chi connectivity index (χ3v) is 4.09. The van der Waals surface area contributed by atoms with Crippen LogP contribution in [0, 0.1) is 5.82 Å². The number of rotatable bonds is 5. The van der Waals surface area contributed by atoms with Gasteiger partial charge in [-0.3, -0.25) is 19.8 Å². The average molecular weight is 350 g/mol. The van der Waals surface area contributed by atoms with E-state index in [4.69, 9.17) is 0 Å². The Morgan fingerprint density at radius 1 is 1.24 bits per heavy atom. The minimum Gasteiger partial charge on any atom is -0.341 e. The van der Waals surface area contributed by atoms with Gasteiger partial charge < -0.3 is 10.6 Å². The van der Waals surface area contributed by atoms with Crippen LogP contribution in [0.2, 0.25) is 0 Å². The van der Waals surface area contributed by atoms with Crippen LogP contribution in [0.5, 0.6) is 0 Å². The van der Waals surface area contributed by atoms with E-state index in [0.29, 0.717) is 5.56 Å². The first-order valence-corrected chi connectivity index (χ1v) is 7.75. The smallest absolute Gasteiger partial charge is 0.325 e. The van der Waals surface area contributed by atoms with Gasteiger partial charge in [0.05, 0.1) is 0 Å². The van der Waals surface area contributed by atoms with Crippen molar-refractivity contribution in [2.24, 2.45) is 0 Å². The second-order valence-corrected chi connectivity index (χ2v) is 5.53. The van der Waals surface area contributed by atoms with Crippen molar-refractivity contribution in [3.05, 3.63) is 35.6 Å². The van der Waals surface area contributed by atoms with Crippen LogP contribution in [0.4, 0.5) is 14.0 Å². The lowest BCUT2D eigenvalue weighted by atomic mass is 9.87. The number of benzene rings is 1. The Morgan fingerprint density at radius 2 is 1.88 bits per heavy atom. The molecular formula is C16H19FN4O4. The predicted molar refractivity (Wildman–Crippen MR) is 85.8 cm³/mol. The van der Waals surface area contributed by atoms with E-state index in [-0.39, 0.29) is 19.4 Å². The molecule has 0 spiro atoms. The molecular weight excluding hydrogens is 331 g/mol. The Kier molecular flexibility index (Phi) is 5.35. The quantitative estimate of drug-likeness (QED) is 0.684. The molecule has 0 aliphatic carbocycles. The highest BCUT2D eigenvalue weighted by Gasteiger charge is 2.51. The van der Waals surface area contributed by atoms with Gasteiger partial charge in [0, 0.05) is 20.0 Å². The Labute approximate surface area is 143 Å². The van der Waals surface area contributed by atoms with Crippen molar-refractivity contribution in [2.45, 2.75) is 25.3 Å². The van der Waals surface area contributed by atoms with Gasteiger partial charge in [0.15, 0.2) is 0 Å². The van der Waals surface area contributed by atoms with Crippen LogP contribution in [-0.4, -0.2) is 42.4 Å². The molecule has 0 aromatic heterocycles. The first-order chi connectivity index (χ1) is 11.8. The zero-order valence-electron chi connectivity index (χ0n) is 13.9. The third-order valence-electron chi connectivity index (χ3n) is 4.09. The lowest BCUT2D eigenvalue weighted by Gasteiger charge is -2.25. The average Bonchev–Trinajstić information content (AvgIpc) is 2.84. The van der Waals surface area contributed by atoms with E-state index >= 15 is 0 Å². The van der Waals surface area contributed by atoms with E-state index in [1.165, 1.54) is 31.3 Å². The number of nitrogens with zero attached hydrogens (tertiary/aromatic N) is 1. The highest BCUT2D eigenvalue weighted by Crippen LogP contribution is 2.32. The second-order valence-electron chi connectivity index (χ2n) is 5.53. The first-order valence-electron chi connectivity index (χ1n) is 7.75. The lowest BCUT2D eigenvalue weighted by Crippen LogP contribution is -2.44. The molecule has 9 heteroatoms. The summed E-state index contributed by atoms with van der Waals surface area (Å²) in [4.78, 5) is 48.6. The first kappa shape index (κ1) is 18.4. The monoisotopic (exact) mass is 350 g/mol. The van der Waals surface area contributed by atoms with Crippen LogP contribution in [0.3, 0.4) is 0 Å². The maximum absolute atomic E-state index is 13.1. The summed E-state index contributed by atoms with van der Waals surface area (Å²) in [5.41, 5.74) is -0.825. The minimum atomic E-state index is -1.29. The maximum atomic E-state index is 13.1. The number of nitrogens with one attached hydrogen (secondary N) is 3. The summed E-state index contributed by atoms with van der Waals surface area (Å²) in [6.07, 6.45) is 0.0555. The molecule has 0 bridgehead atoms. The van der Waals surface area contributed by atoms with E-state index < -0.39 is 35.2 Å². The predicted octanol–water partition coefficient (Wildman–Crippen LogP) is 0.829. The Balaban J connectivity index is 2.13. The molecule has 1 aliphatic rings. The van der Waals surface area contributed by atoms with E-state index in [0.717, 1.165) is 4.90 Å². The number of hydrogen-bond acceptors (Lipinski definition) is 4. The standard InChI is InChI=1S/C16H19FN4O4/c1-3-16(10-4-6-11(17)7-5-10)13(23)21(15(25)20-16)9-8-12(22)19-14(24)18-2/h4-7H,3,8-9H2,1-2H3,(H,20,25)(H2,18,19,22,24)/t16-/m1/s1. The van der Waals surface area contributed by atoms with Gasteiger partial charge in [0.2, 0.25) is 5.91 Å². The number of halogens is 1. The molecule has 2 rings (SSSR count). The summed E-state index contributed by atoms with van der Waals surface area (Å²) in [5, 5.41) is 6.92. The van der Waals surface area contributed by atoms with Gasteiger partial charge in [0.25, 0.3) is 5.91 Å². The topological polar surface area (TPSA) is 108 Å². The third kappa shape index (κ3) is 3.59. The van der Waals surface area contributed by atoms with Crippen molar-refractivity contribution in [1.29, 1.82) is 0 Å². The molecule has 25 heavy (non-hydrogen) atoms. The fourth-order valence-corrected chi connectivity index (χ4v) is 2.67. The maximum Gasteiger partial charge on any atom is 0.325 e. The number of hydrogen-bond donors (Lipinski definition) is 3. The van der Waals surface area contributed by atoms with Crippen LogP contribution in [0.1, 0.15) is 25.3 Å². The summed E-state index contributed by atoms with van der Waals surface area (Å²) in [5.74, 6) is -1.58. The van der Waals surface area contributed by atoms with Crippen LogP contribution in [0.15, 0.2) is 24.3 Å². The van der Waals surface area contributed by atoms with E-state index in [2.05, 4.69) is 16.0 Å². The molecule has 3 N–H and O–H groups in total. The fourth-order valence-electron chi connectivity index (χ4n) is 2.67. The van der Waals surface area contributed by atoms with E-state index in [1.807, 2.05) is 0 Å². The Morgan fingerprint density at radius 3 is 2.44 bits per heavy atom. The van der Waals surface area contributed by atoms with E-state index in [1.54, 1.807) is 6.92 Å². The highest BCUT2D eigenvalue weighted by atomic mass is 19.1.